The molecule has 0 aromatic heterocycles. The van der Waals surface area contributed by atoms with E-state index in [1.54, 1.807) is 19.2 Å². The Balaban J connectivity index is 1.96. The van der Waals surface area contributed by atoms with E-state index in [2.05, 4.69) is 0 Å². The van der Waals surface area contributed by atoms with Crippen molar-refractivity contribution in [2.75, 3.05) is 7.11 Å². The number of hydrogen-bond donors (Lipinski definition) is 1. The number of aryl methyl sites for hydroxylation is 2. The molecule has 4 nitrogen and oxygen atoms in total. The molecule has 3 rings (SSSR count). The van der Waals surface area contributed by atoms with E-state index in [4.69, 9.17) is 4.74 Å². The number of Topliss-reactive ketones (excluding diaryl/α,β-unsaturated/α-hetero) is 1. The summed E-state index contributed by atoms with van der Waals surface area (Å²) in [5, 5.41) is 9.94. The zero-order valence-corrected chi connectivity index (χ0v) is 13.2. The maximum atomic E-state index is 12.4. The van der Waals surface area contributed by atoms with Crippen molar-refractivity contribution < 1.29 is 19.4 Å². The van der Waals surface area contributed by atoms with Crippen molar-refractivity contribution in [2.24, 2.45) is 0 Å². The van der Waals surface area contributed by atoms with Crippen LogP contribution in [0, 0.1) is 0 Å². The van der Waals surface area contributed by atoms with Crippen LogP contribution in [0.25, 0.3) is 0 Å². The number of rotatable bonds is 1. The van der Waals surface area contributed by atoms with Crippen molar-refractivity contribution in [2.45, 2.75) is 38.5 Å². The molecule has 1 aromatic carbocycles. The monoisotopic (exact) mass is 312 g/mol. The number of fused-ring (bicyclic) bond motifs is 4. The van der Waals surface area contributed by atoms with Crippen LogP contribution in [0.5, 0.6) is 11.5 Å². The summed E-state index contributed by atoms with van der Waals surface area (Å²) in [6.07, 6.45) is 6.91. The van der Waals surface area contributed by atoms with Gasteiger partial charge in [-0.15, -0.1) is 0 Å². The Bertz CT molecular complexity index is 672. The standard InChI is InChI=1S/C19H20O4/c1-23-19-14-6-2-4-12-8-16(20)9-13(18(12)22)5-3-7-15(19)11-17(21)10-14/h8-11,21H,2-7H2,1H3. The number of aromatic hydroxyl groups is 1. The highest BCUT2D eigenvalue weighted by Gasteiger charge is 2.22. The van der Waals surface area contributed by atoms with Crippen molar-refractivity contribution >= 4 is 11.6 Å². The lowest BCUT2D eigenvalue weighted by molar-refractivity contribution is -0.115. The van der Waals surface area contributed by atoms with Crippen LogP contribution in [-0.4, -0.2) is 23.8 Å². The maximum absolute atomic E-state index is 12.4. The van der Waals surface area contributed by atoms with Gasteiger partial charge in [-0.25, -0.2) is 0 Å². The number of ketones is 2. The molecule has 0 saturated heterocycles. The van der Waals surface area contributed by atoms with Gasteiger partial charge >= 0.3 is 0 Å². The van der Waals surface area contributed by atoms with E-state index in [-0.39, 0.29) is 17.3 Å². The van der Waals surface area contributed by atoms with Gasteiger partial charge in [0.2, 0.25) is 0 Å². The fourth-order valence-corrected chi connectivity index (χ4v) is 3.40. The number of allylic oxidation sites excluding steroid dienone is 4. The first-order valence-electron chi connectivity index (χ1n) is 7.97. The van der Waals surface area contributed by atoms with Crippen LogP contribution in [0.4, 0.5) is 0 Å². The predicted octanol–water partition coefficient (Wildman–Crippen LogP) is 3.06. The number of benzene rings is 1. The normalized spacial score (nSPS) is 18.5. The molecule has 0 saturated carbocycles. The molecule has 120 valence electrons. The Morgan fingerprint density at radius 1 is 0.913 bits per heavy atom. The zero-order chi connectivity index (χ0) is 16.4. The topological polar surface area (TPSA) is 63.6 Å². The van der Waals surface area contributed by atoms with Crippen LogP contribution in [-0.2, 0) is 22.4 Å². The third kappa shape index (κ3) is 3.21. The molecule has 23 heavy (non-hydrogen) atoms. The van der Waals surface area contributed by atoms with Gasteiger partial charge in [0.25, 0.3) is 0 Å². The Morgan fingerprint density at radius 2 is 1.43 bits per heavy atom. The third-order valence-corrected chi connectivity index (χ3v) is 4.43. The van der Waals surface area contributed by atoms with E-state index in [1.807, 2.05) is 0 Å². The van der Waals surface area contributed by atoms with Crippen LogP contribution in [0.3, 0.4) is 0 Å². The Kier molecular flexibility index (Phi) is 4.33. The van der Waals surface area contributed by atoms with E-state index >= 15 is 0 Å². The first-order valence-corrected chi connectivity index (χ1v) is 7.97. The summed E-state index contributed by atoms with van der Waals surface area (Å²) in [7, 11) is 1.65. The highest BCUT2D eigenvalue weighted by Crippen LogP contribution is 2.33. The van der Waals surface area contributed by atoms with Crippen molar-refractivity contribution in [3.63, 3.8) is 0 Å². The highest BCUT2D eigenvalue weighted by molar-refractivity contribution is 6.20. The molecule has 1 N–H and O–H groups in total. The Labute approximate surface area is 135 Å². The molecule has 4 heteroatoms. The van der Waals surface area contributed by atoms with E-state index in [0.717, 1.165) is 29.7 Å². The molecule has 0 amide bonds. The fourth-order valence-electron chi connectivity index (χ4n) is 3.40. The molecule has 0 aliphatic heterocycles. The summed E-state index contributed by atoms with van der Waals surface area (Å²) in [5.74, 6) is 1.01. The minimum atomic E-state index is -0.0830. The van der Waals surface area contributed by atoms with Gasteiger partial charge in [0, 0.05) is 11.1 Å². The van der Waals surface area contributed by atoms with Gasteiger partial charge in [0.15, 0.2) is 11.6 Å². The van der Waals surface area contributed by atoms with Gasteiger partial charge in [0.1, 0.15) is 11.5 Å². The molecular weight excluding hydrogens is 292 g/mol. The number of phenols is 1. The third-order valence-electron chi connectivity index (χ3n) is 4.43. The second-order valence-corrected chi connectivity index (χ2v) is 6.08. The number of phenolic OH excluding ortho intramolecular Hbond substituents is 1. The molecule has 0 unspecified atom stereocenters. The minimum Gasteiger partial charge on any atom is -0.508 e. The molecule has 0 radical (unpaired) electrons. The molecule has 1 aromatic rings. The van der Waals surface area contributed by atoms with Crippen molar-refractivity contribution in [3.8, 4) is 11.5 Å². The van der Waals surface area contributed by atoms with Gasteiger partial charge < -0.3 is 9.84 Å². The average Bonchev–Trinajstić information content (AvgIpc) is 2.50. The molecule has 0 spiro atoms. The lowest BCUT2D eigenvalue weighted by Gasteiger charge is -2.18. The van der Waals surface area contributed by atoms with E-state index in [1.165, 1.54) is 12.2 Å². The lowest BCUT2D eigenvalue weighted by atomic mass is 9.87. The number of carbonyl (C=O) groups is 2. The van der Waals surface area contributed by atoms with Gasteiger partial charge in [-0.2, -0.15) is 0 Å². The largest absolute Gasteiger partial charge is 0.508 e. The molecule has 0 heterocycles. The van der Waals surface area contributed by atoms with Gasteiger partial charge in [-0.05, 0) is 73.9 Å². The van der Waals surface area contributed by atoms with Crippen molar-refractivity contribution in [1.29, 1.82) is 0 Å². The quantitative estimate of drug-likeness (QED) is 0.810. The van der Waals surface area contributed by atoms with Gasteiger partial charge in [0.05, 0.1) is 7.11 Å². The predicted molar refractivity (Wildman–Crippen MR) is 86.7 cm³/mol. The van der Waals surface area contributed by atoms with Gasteiger partial charge in [-0.3, -0.25) is 9.59 Å². The molecule has 2 aliphatic carbocycles. The molecule has 4 bridgehead atoms. The average molecular weight is 312 g/mol. The van der Waals surface area contributed by atoms with Crippen LogP contribution in [0.2, 0.25) is 0 Å². The summed E-state index contributed by atoms with van der Waals surface area (Å²) in [4.78, 5) is 24.2. The second kappa shape index (κ2) is 6.41. The molecule has 2 aliphatic rings. The highest BCUT2D eigenvalue weighted by atomic mass is 16.5. The van der Waals surface area contributed by atoms with Crippen LogP contribution in [0.15, 0.2) is 35.4 Å². The summed E-state index contributed by atoms with van der Waals surface area (Å²) >= 11 is 0. The van der Waals surface area contributed by atoms with Crippen LogP contribution < -0.4 is 4.74 Å². The number of hydrogen-bond acceptors (Lipinski definition) is 4. The van der Waals surface area contributed by atoms with Crippen LogP contribution in [0.1, 0.15) is 36.8 Å². The Morgan fingerprint density at radius 3 is 1.91 bits per heavy atom. The van der Waals surface area contributed by atoms with E-state index < -0.39 is 0 Å². The fraction of sp³-hybridized carbons (Fsp3) is 0.368. The summed E-state index contributed by atoms with van der Waals surface area (Å²) < 4.78 is 5.55. The number of ether oxygens (including phenoxy) is 1. The lowest BCUT2D eigenvalue weighted by Crippen LogP contribution is -2.15. The zero-order valence-electron chi connectivity index (χ0n) is 13.2. The summed E-state index contributed by atoms with van der Waals surface area (Å²) in [6.45, 7) is 0. The molecule has 0 atom stereocenters. The Hall–Kier alpha value is -2.36. The van der Waals surface area contributed by atoms with Crippen molar-refractivity contribution in [3.05, 3.63) is 46.6 Å². The molecule has 0 fully saturated rings. The van der Waals surface area contributed by atoms with E-state index in [0.29, 0.717) is 36.8 Å². The summed E-state index contributed by atoms with van der Waals surface area (Å²) in [6, 6.07) is 3.45. The first kappa shape index (κ1) is 15.5. The van der Waals surface area contributed by atoms with Crippen molar-refractivity contribution in [1.82, 2.24) is 0 Å². The van der Waals surface area contributed by atoms with Gasteiger partial charge in [-0.1, -0.05) is 0 Å². The number of methoxy groups -OCH3 is 1. The summed E-state index contributed by atoms with van der Waals surface area (Å²) in [5.41, 5.74) is 3.11. The SMILES string of the molecule is COc1c2cc(O)cc1CCCC1=CC(=O)C=C(CCC2)C1=O. The van der Waals surface area contributed by atoms with Crippen LogP contribution >= 0.6 is 0 Å². The number of carbonyl (C=O) groups excluding carboxylic acids is 2. The molecular formula is C19H20O4. The second-order valence-electron chi connectivity index (χ2n) is 6.08. The first-order chi connectivity index (χ1) is 11.1. The maximum Gasteiger partial charge on any atom is 0.185 e. The van der Waals surface area contributed by atoms with E-state index in [9.17, 15) is 14.7 Å². The smallest absolute Gasteiger partial charge is 0.185 e. The minimum absolute atomic E-state index is 0.0173.